The average molecular weight is 139 g/mol. The van der Waals surface area contributed by atoms with Crippen molar-refractivity contribution in [3.63, 3.8) is 0 Å². The zero-order valence-electron chi connectivity index (χ0n) is 6.60. The highest BCUT2D eigenvalue weighted by atomic mass is 16.1. The molecule has 0 aromatic rings. The van der Waals surface area contributed by atoms with Crippen molar-refractivity contribution in [1.82, 2.24) is 0 Å². The quantitative estimate of drug-likeness (QED) is 0.408. The van der Waals surface area contributed by atoms with E-state index in [1.165, 1.54) is 12.8 Å². The van der Waals surface area contributed by atoms with Crippen LogP contribution < -0.4 is 0 Å². The number of carbonyl (C=O) groups excluding carboxylic acids is 1. The van der Waals surface area contributed by atoms with Gasteiger partial charge in [0.1, 0.15) is 0 Å². The zero-order valence-corrected chi connectivity index (χ0v) is 6.60. The topological polar surface area (TPSA) is 17.1 Å². The van der Waals surface area contributed by atoms with Crippen LogP contribution in [-0.4, -0.2) is 6.29 Å². The van der Waals surface area contributed by atoms with E-state index in [2.05, 4.69) is 19.1 Å². The fourth-order valence-electron chi connectivity index (χ4n) is 0.700. The van der Waals surface area contributed by atoms with Crippen LogP contribution in [0, 0.1) is 0 Å². The molecule has 0 amide bonds. The molecular formula is C9H15O. The smallest absolute Gasteiger partial charge is 0.198 e. The zero-order chi connectivity index (χ0) is 7.66. The van der Waals surface area contributed by atoms with Crippen molar-refractivity contribution < 1.29 is 4.79 Å². The summed E-state index contributed by atoms with van der Waals surface area (Å²) in [6.45, 7) is 2.17. The summed E-state index contributed by atoms with van der Waals surface area (Å²) in [4.78, 5) is 9.73. The fraction of sp³-hybridized carbons (Fsp3) is 0.667. The molecule has 0 unspecified atom stereocenters. The largest absolute Gasteiger partial charge is 0.291 e. The SMILES string of the molecule is CCCC/C=C/CC[C]=O. The monoisotopic (exact) mass is 139 g/mol. The summed E-state index contributed by atoms with van der Waals surface area (Å²) in [6, 6.07) is 0. The second kappa shape index (κ2) is 8.41. The van der Waals surface area contributed by atoms with Crippen molar-refractivity contribution >= 4 is 6.29 Å². The highest BCUT2D eigenvalue weighted by Gasteiger charge is 1.79. The molecule has 0 aromatic carbocycles. The summed E-state index contributed by atoms with van der Waals surface area (Å²) >= 11 is 0. The second-order valence-electron chi connectivity index (χ2n) is 2.30. The van der Waals surface area contributed by atoms with Crippen molar-refractivity contribution in [3.8, 4) is 0 Å². The summed E-state index contributed by atoms with van der Waals surface area (Å²) in [6.07, 6.45) is 11.1. The first-order valence-corrected chi connectivity index (χ1v) is 3.91. The lowest BCUT2D eigenvalue weighted by Gasteiger charge is -1.86. The molecule has 0 rings (SSSR count). The van der Waals surface area contributed by atoms with Crippen molar-refractivity contribution in [2.45, 2.75) is 39.0 Å². The van der Waals surface area contributed by atoms with Crippen molar-refractivity contribution in [2.75, 3.05) is 0 Å². The van der Waals surface area contributed by atoms with Gasteiger partial charge in [0.05, 0.1) is 0 Å². The van der Waals surface area contributed by atoms with Gasteiger partial charge in [-0.3, -0.25) is 4.79 Å². The molecule has 0 saturated carbocycles. The van der Waals surface area contributed by atoms with Gasteiger partial charge < -0.3 is 0 Å². The lowest BCUT2D eigenvalue weighted by atomic mass is 10.2. The van der Waals surface area contributed by atoms with E-state index in [0.29, 0.717) is 6.42 Å². The van der Waals surface area contributed by atoms with Crippen LogP contribution in [0.25, 0.3) is 0 Å². The minimum Gasteiger partial charge on any atom is -0.291 e. The predicted octanol–water partition coefficient (Wildman–Crippen LogP) is 2.62. The third kappa shape index (κ3) is 7.41. The molecule has 1 heteroatoms. The Hall–Kier alpha value is -0.590. The maximum Gasteiger partial charge on any atom is 0.198 e. The van der Waals surface area contributed by atoms with Gasteiger partial charge in [-0.15, -0.1) is 0 Å². The molecule has 0 atom stereocenters. The van der Waals surface area contributed by atoms with Crippen LogP contribution in [0.5, 0.6) is 0 Å². The lowest BCUT2D eigenvalue weighted by Crippen LogP contribution is -1.71. The predicted molar refractivity (Wildman–Crippen MR) is 43.6 cm³/mol. The van der Waals surface area contributed by atoms with Crippen LogP contribution in [0.2, 0.25) is 0 Å². The van der Waals surface area contributed by atoms with E-state index in [-0.39, 0.29) is 0 Å². The summed E-state index contributed by atoms with van der Waals surface area (Å²) < 4.78 is 0. The molecule has 0 fully saturated rings. The second-order valence-corrected chi connectivity index (χ2v) is 2.30. The normalized spacial score (nSPS) is 10.5. The van der Waals surface area contributed by atoms with E-state index >= 15 is 0 Å². The van der Waals surface area contributed by atoms with Crippen LogP contribution >= 0.6 is 0 Å². The van der Waals surface area contributed by atoms with E-state index in [1.807, 2.05) is 6.29 Å². The highest BCUT2D eigenvalue weighted by molar-refractivity contribution is 5.50. The maximum atomic E-state index is 9.73. The van der Waals surface area contributed by atoms with Crippen molar-refractivity contribution in [2.24, 2.45) is 0 Å². The first-order chi connectivity index (χ1) is 4.91. The molecule has 0 heterocycles. The molecule has 10 heavy (non-hydrogen) atoms. The van der Waals surface area contributed by atoms with Gasteiger partial charge in [0, 0.05) is 6.42 Å². The maximum absolute atomic E-state index is 9.73. The molecule has 0 aliphatic carbocycles. The van der Waals surface area contributed by atoms with Crippen LogP contribution in [0.3, 0.4) is 0 Å². The van der Waals surface area contributed by atoms with Gasteiger partial charge in [-0.1, -0.05) is 31.9 Å². The summed E-state index contributed by atoms with van der Waals surface area (Å²) in [5.74, 6) is 0. The molecule has 0 saturated heterocycles. The lowest BCUT2D eigenvalue weighted by molar-refractivity contribution is 0.551. The number of hydrogen-bond acceptors (Lipinski definition) is 1. The Kier molecular flexibility index (Phi) is 7.91. The number of unbranched alkanes of at least 4 members (excludes halogenated alkanes) is 3. The fourth-order valence-corrected chi connectivity index (χ4v) is 0.700. The third-order valence-corrected chi connectivity index (χ3v) is 1.30. The minimum absolute atomic E-state index is 0.544. The Bertz CT molecular complexity index is 94.9. The molecule has 57 valence electrons. The van der Waals surface area contributed by atoms with Crippen LogP contribution in [0.4, 0.5) is 0 Å². The summed E-state index contributed by atoms with van der Waals surface area (Å²) in [5.41, 5.74) is 0. The Morgan fingerprint density at radius 2 is 2.00 bits per heavy atom. The van der Waals surface area contributed by atoms with E-state index in [1.54, 1.807) is 0 Å². The van der Waals surface area contributed by atoms with Gasteiger partial charge in [0.15, 0.2) is 6.29 Å². The molecule has 1 radical (unpaired) electrons. The molecule has 0 aromatic heterocycles. The van der Waals surface area contributed by atoms with Gasteiger partial charge >= 0.3 is 0 Å². The first-order valence-electron chi connectivity index (χ1n) is 3.91. The number of hydrogen-bond donors (Lipinski definition) is 0. The number of allylic oxidation sites excluding steroid dienone is 2. The molecular weight excluding hydrogens is 124 g/mol. The van der Waals surface area contributed by atoms with E-state index in [0.717, 1.165) is 12.8 Å². The molecule has 0 aliphatic heterocycles. The average Bonchev–Trinajstić information content (AvgIpc) is 1.97. The van der Waals surface area contributed by atoms with Gasteiger partial charge in [0.25, 0.3) is 0 Å². The Balaban J connectivity index is 2.96. The van der Waals surface area contributed by atoms with Gasteiger partial charge in [0.2, 0.25) is 0 Å². The van der Waals surface area contributed by atoms with Crippen LogP contribution in [0.15, 0.2) is 12.2 Å². The number of rotatable bonds is 6. The first kappa shape index (κ1) is 9.41. The molecule has 0 N–H and O–H groups in total. The third-order valence-electron chi connectivity index (χ3n) is 1.30. The Morgan fingerprint density at radius 3 is 2.60 bits per heavy atom. The Morgan fingerprint density at radius 1 is 1.30 bits per heavy atom. The molecule has 0 spiro atoms. The van der Waals surface area contributed by atoms with Crippen LogP contribution in [0.1, 0.15) is 39.0 Å². The summed E-state index contributed by atoms with van der Waals surface area (Å²) in [5, 5.41) is 0. The van der Waals surface area contributed by atoms with Crippen molar-refractivity contribution in [3.05, 3.63) is 12.2 Å². The van der Waals surface area contributed by atoms with E-state index < -0.39 is 0 Å². The molecule has 0 aliphatic rings. The molecule has 1 nitrogen and oxygen atoms in total. The molecule has 0 bridgehead atoms. The van der Waals surface area contributed by atoms with Crippen molar-refractivity contribution in [1.29, 1.82) is 0 Å². The highest BCUT2D eigenvalue weighted by Crippen LogP contribution is 1.96. The van der Waals surface area contributed by atoms with E-state index in [4.69, 9.17) is 0 Å². The van der Waals surface area contributed by atoms with E-state index in [9.17, 15) is 4.79 Å². The van der Waals surface area contributed by atoms with Gasteiger partial charge in [-0.25, -0.2) is 0 Å². The standard InChI is InChI=1S/C9H15O/c1-2-3-4-5-6-7-8-9-10/h5-6H,2-4,7-8H2,1H3/b6-5+. The Labute approximate surface area is 63.1 Å². The summed E-state index contributed by atoms with van der Waals surface area (Å²) in [7, 11) is 0. The van der Waals surface area contributed by atoms with Crippen LogP contribution in [-0.2, 0) is 4.79 Å². The van der Waals surface area contributed by atoms with Gasteiger partial charge in [-0.05, 0) is 12.8 Å². The van der Waals surface area contributed by atoms with Gasteiger partial charge in [-0.2, -0.15) is 0 Å². The minimum atomic E-state index is 0.544.